The van der Waals surface area contributed by atoms with Crippen molar-refractivity contribution in [2.24, 2.45) is 29.6 Å². The van der Waals surface area contributed by atoms with Crippen molar-refractivity contribution >= 4 is 29.8 Å². The summed E-state index contributed by atoms with van der Waals surface area (Å²) in [6, 6.07) is 0. The van der Waals surface area contributed by atoms with Gasteiger partial charge < -0.3 is 49.9 Å². The summed E-state index contributed by atoms with van der Waals surface area (Å²) in [5, 5.41) is 44.8. The Hall–Kier alpha value is -2.97. The van der Waals surface area contributed by atoms with Crippen molar-refractivity contribution in [3.63, 3.8) is 0 Å². The van der Waals surface area contributed by atoms with Crippen LogP contribution in [0.3, 0.4) is 0 Å². The molecular formula is C56H97N5O13. The number of carbonyl (C=O) groups is 5. The van der Waals surface area contributed by atoms with Crippen LogP contribution in [0.25, 0.3) is 0 Å². The average molecular weight is 1050 g/mol. The third kappa shape index (κ3) is 13.3. The van der Waals surface area contributed by atoms with Crippen LogP contribution < -0.4 is 10.6 Å². The standard InChI is InChI=1S/C56H97N5O13/c1-47(2)22-32(23-48(3,4)57-47)70-42(62)37-21-38(43(63)71-34-26-51(9,10)59(67)52(11,12)27-34)40(45(65)74-36-30-55(17,18)61(69)56(19,20)31-36)41(46(66)72-33-24-49(5,6)58-50(7,8)25-33)39(37)44(64)73-35-28-53(13,14)60(68)54(15,16)29-35/h32-41,57-58,67-69H,21-31H2,1-20H3. The summed E-state index contributed by atoms with van der Waals surface area (Å²) >= 11 is 0. The highest BCUT2D eigenvalue weighted by Crippen LogP contribution is 2.50. The Labute approximate surface area is 442 Å². The van der Waals surface area contributed by atoms with E-state index in [0.29, 0.717) is 25.7 Å². The van der Waals surface area contributed by atoms with Gasteiger partial charge in [0.2, 0.25) is 0 Å². The van der Waals surface area contributed by atoms with E-state index >= 15 is 24.0 Å². The number of rotatable bonds is 10. The molecule has 1 aliphatic carbocycles. The molecule has 6 fully saturated rings. The number of hydrogen-bond donors (Lipinski definition) is 5. The largest absolute Gasteiger partial charge is 0.462 e. The van der Waals surface area contributed by atoms with Gasteiger partial charge in [0.05, 0.1) is 29.6 Å². The van der Waals surface area contributed by atoms with Crippen LogP contribution in [0, 0.1) is 29.6 Å². The van der Waals surface area contributed by atoms with Gasteiger partial charge in [-0.15, -0.1) is 0 Å². The molecule has 0 spiro atoms. The van der Waals surface area contributed by atoms with Crippen LogP contribution in [0.4, 0.5) is 0 Å². The van der Waals surface area contributed by atoms with E-state index in [0.717, 1.165) is 0 Å². The van der Waals surface area contributed by atoms with Gasteiger partial charge in [-0.05, 0) is 145 Å². The molecule has 1 saturated carbocycles. The molecule has 74 heavy (non-hydrogen) atoms. The van der Waals surface area contributed by atoms with Gasteiger partial charge in [0, 0.05) is 120 Å². The van der Waals surface area contributed by atoms with Gasteiger partial charge in [0.15, 0.2) is 0 Å². The van der Waals surface area contributed by atoms with Crippen molar-refractivity contribution in [2.75, 3.05) is 0 Å². The van der Waals surface area contributed by atoms with Crippen LogP contribution in [-0.4, -0.2) is 147 Å². The van der Waals surface area contributed by atoms with E-state index in [4.69, 9.17) is 23.7 Å². The topological polar surface area (TPSA) is 226 Å². The van der Waals surface area contributed by atoms with Crippen molar-refractivity contribution in [3.8, 4) is 0 Å². The number of esters is 5. The van der Waals surface area contributed by atoms with E-state index in [9.17, 15) is 15.6 Å². The summed E-state index contributed by atoms with van der Waals surface area (Å²) in [6.45, 7) is 38.1. The lowest BCUT2D eigenvalue weighted by atomic mass is 9.61. The van der Waals surface area contributed by atoms with Gasteiger partial charge in [-0.25, -0.2) is 0 Å². The maximum absolute atomic E-state index is 15.8. The SMILES string of the molecule is CC1(C)CC(OC(=O)C2CC(C(=O)OC3CC(C)(C)N(O)C(C)(C)C3)C(C(=O)OC3CC(C)(C)N(O)C(C)(C)C3)C(C(=O)OC3CC(C)(C)NC(C)(C)C3)C2C(=O)OC2CC(C)(C)N(O)C(C)(C)C2)CC(C)(C)N1. The normalized spacial score (nSPS) is 33.1. The summed E-state index contributed by atoms with van der Waals surface area (Å²) in [4.78, 5) is 78.0. The molecule has 5 atom stereocenters. The fourth-order valence-corrected chi connectivity index (χ4v) is 15.3. The first-order chi connectivity index (χ1) is 33.3. The van der Waals surface area contributed by atoms with E-state index in [-0.39, 0.29) is 38.5 Å². The van der Waals surface area contributed by atoms with E-state index in [1.54, 1.807) is 0 Å². The highest BCUT2D eigenvalue weighted by molar-refractivity contribution is 5.94. The Kier molecular flexibility index (Phi) is 16.3. The molecule has 5 unspecified atom stereocenters. The van der Waals surface area contributed by atoms with Crippen LogP contribution in [-0.2, 0) is 47.7 Å². The number of carbonyl (C=O) groups excluding carboxylic acids is 5. The number of ether oxygens (including phenoxy) is 5. The van der Waals surface area contributed by atoms with Gasteiger partial charge in [-0.1, -0.05) is 0 Å². The minimum Gasteiger partial charge on any atom is -0.462 e. The molecule has 6 rings (SSSR count). The third-order valence-corrected chi connectivity index (χ3v) is 17.1. The quantitative estimate of drug-likeness (QED) is 0.103. The first-order valence-corrected chi connectivity index (χ1v) is 27.4. The Morgan fingerprint density at radius 3 is 0.743 bits per heavy atom. The molecule has 0 radical (unpaired) electrons. The number of nitrogens with one attached hydrogen (secondary N) is 2. The number of piperidine rings is 5. The Bertz CT molecular complexity index is 2050. The minimum atomic E-state index is -1.81. The molecule has 5 heterocycles. The molecule has 0 aromatic carbocycles. The molecule has 5 aliphatic heterocycles. The van der Waals surface area contributed by atoms with Crippen molar-refractivity contribution in [1.29, 1.82) is 0 Å². The summed E-state index contributed by atoms with van der Waals surface area (Å²) in [5.41, 5.74) is -7.04. The second-order valence-electron chi connectivity index (χ2n) is 30.0. The molecule has 5 N–H and O–H groups in total. The molecule has 0 bridgehead atoms. The average Bonchev–Trinajstić information content (AvgIpc) is 3.16. The van der Waals surface area contributed by atoms with Crippen LogP contribution in [0.2, 0.25) is 0 Å². The van der Waals surface area contributed by atoms with Crippen molar-refractivity contribution in [3.05, 3.63) is 0 Å². The number of nitrogens with zero attached hydrogens (tertiary/aromatic N) is 3. The first-order valence-electron chi connectivity index (χ1n) is 27.4. The summed E-state index contributed by atoms with van der Waals surface area (Å²) in [7, 11) is 0. The predicted molar refractivity (Wildman–Crippen MR) is 276 cm³/mol. The molecule has 6 aliphatic rings. The fraction of sp³-hybridized carbons (Fsp3) is 0.911. The highest BCUT2D eigenvalue weighted by Gasteiger charge is 2.63. The number of hydroxylamine groups is 6. The summed E-state index contributed by atoms with van der Waals surface area (Å²) < 4.78 is 32.5. The van der Waals surface area contributed by atoms with Crippen LogP contribution >= 0.6 is 0 Å². The molecular weight excluding hydrogens is 951 g/mol. The molecule has 0 aromatic heterocycles. The zero-order chi connectivity index (χ0) is 56.1. The monoisotopic (exact) mass is 1050 g/mol. The summed E-state index contributed by atoms with van der Waals surface area (Å²) in [5.74, 6) is -12.8. The Balaban J connectivity index is 1.53. The van der Waals surface area contributed by atoms with Crippen molar-refractivity contribution in [1.82, 2.24) is 25.8 Å². The summed E-state index contributed by atoms with van der Waals surface area (Å²) in [6.07, 6.45) is -1.32. The van der Waals surface area contributed by atoms with Gasteiger partial charge in [-0.2, -0.15) is 15.2 Å². The molecule has 18 nitrogen and oxygen atoms in total. The number of hydrogen-bond acceptors (Lipinski definition) is 18. The van der Waals surface area contributed by atoms with Gasteiger partial charge >= 0.3 is 29.8 Å². The smallest absolute Gasteiger partial charge is 0.311 e. The predicted octanol–water partition coefficient (Wildman–Crippen LogP) is 8.04. The van der Waals surface area contributed by atoms with E-state index in [2.05, 4.69) is 10.6 Å². The second kappa shape index (κ2) is 20.0. The lowest BCUT2D eigenvalue weighted by molar-refractivity contribution is -0.263. The van der Waals surface area contributed by atoms with Crippen molar-refractivity contribution in [2.45, 2.75) is 295 Å². The Morgan fingerprint density at radius 1 is 0.324 bits per heavy atom. The van der Waals surface area contributed by atoms with Gasteiger partial charge in [0.1, 0.15) is 30.5 Å². The van der Waals surface area contributed by atoms with Crippen LogP contribution in [0.5, 0.6) is 0 Å². The zero-order valence-corrected chi connectivity index (χ0v) is 48.8. The Morgan fingerprint density at radius 2 is 0.514 bits per heavy atom. The fourth-order valence-electron chi connectivity index (χ4n) is 15.3. The third-order valence-electron chi connectivity index (χ3n) is 17.1. The van der Waals surface area contributed by atoms with E-state index in [1.807, 2.05) is 138 Å². The van der Waals surface area contributed by atoms with Crippen molar-refractivity contribution < 1.29 is 63.3 Å². The van der Waals surface area contributed by atoms with Gasteiger partial charge in [0.25, 0.3) is 0 Å². The lowest BCUT2D eigenvalue weighted by Gasteiger charge is -2.52. The lowest BCUT2D eigenvalue weighted by Crippen LogP contribution is -2.63. The molecule has 0 amide bonds. The molecule has 424 valence electrons. The van der Waals surface area contributed by atoms with E-state index < -0.39 is 152 Å². The van der Waals surface area contributed by atoms with Crippen LogP contribution in [0.1, 0.15) is 209 Å². The van der Waals surface area contributed by atoms with Gasteiger partial charge in [-0.3, -0.25) is 24.0 Å². The molecule has 18 heteroatoms. The van der Waals surface area contributed by atoms with Crippen LogP contribution in [0.15, 0.2) is 0 Å². The maximum atomic E-state index is 15.8. The minimum absolute atomic E-state index is 0.192. The second-order valence-corrected chi connectivity index (χ2v) is 30.0. The molecule has 0 aromatic rings. The zero-order valence-electron chi connectivity index (χ0n) is 48.8. The first kappa shape index (κ1) is 60.3. The molecule has 5 saturated heterocycles. The van der Waals surface area contributed by atoms with E-state index in [1.165, 1.54) is 15.2 Å². The highest BCUT2D eigenvalue weighted by atomic mass is 16.6. The maximum Gasteiger partial charge on any atom is 0.311 e.